The Morgan fingerprint density at radius 2 is 1.96 bits per heavy atom. The molecule has 25 heavy (non-hydrogen) atoms. The van der Waals surface area contributed by atoms with Crippen LogP contribution in [0.3, 0.4) is 0 Å². The van der Waals surface area contributed by atoms with Crippen molar-refractivity contribution in [3.8, 4) is 0 Å². The van der Waals surface area contributed by atoms with Gasteiger partial charge in [-0.1, -0.05) is 30.3 Å². The number of anilines is 2. The second-order valence-corrected chi connectivity index (χ2v) is 7.11. The molecule has 1 aromatic carbocycles. The number of nitrogens with one attached hydrogen (secondary N) is 1. The fourth-order valence-electron chi connectivity index (χ4n) is 2.08. The molecule has 0 spiro atoms. The number of nitrogens with two attached hydrogens (primary N) is 1. The van der Waals surface area contributed by atoms with Crippen LogP contribution in [-0.2, 0) is 17.0 Å². The topological polar surface area (TPSA) is 97.0 Å². The summed E-state index contributed by atoms with van der Waals surface area (Å²) in [6.07, 6.45) is 0.820. The van der Waals surface area contributed by atoms with Crippen molar-refractivity contribution in [1.29, 1.82) is 0 Å². The third-order valence-corrected chi connectivity index (χ3v) is 4.61. The molecule has 0 aliphatic heterocycles. The largest absolute Gasteiger partial charge is 0.368 e. The van der Waals surface area contributed by atoms with E-state index in [-0.39, 0.29) is 17.1 Å². The number of amides is 1. The van der Waals surface area contributed by atoms with Gasteiger partial charge in [0.25, 0.3) is 0 Å². The lowest BCUT2D eigenvalue weighted by Crippen LogP contribution is -2.32. The van der Waals surface area contributed by atoms with E-state index in [0.29, 0.717) is 24.1 Å². The zero-order chi connectivity index (χ0) is 18.2. The monoisotopic (exact) mass is 360 g/mol. The van der Waals surface area contributed by atoms with Crippen LogP contribution in [0.1, 0.15) is 18.3 Å². The minimum Gasteiger partial charge on any atom is -0.368 e. The molecule has 7 nitrogen and oxygen atoms in total. The smallest absolute Gasteiger partial charge is 0.232 e. The summed E-state index contributed by atoms with van der Waals surface area (Å²) in [6.45, 7) is 2.50. The van der Waals surface area contributed by atoms with E-state index in [1.807, 2.05) is 39.2 Å². The number of nitrogens with zero attached hydrogens (tertiary/aromatic N) is 4. The van der Waals surface area contributed by atoms with Gasteiger partial charge in [-0.3, -0.25) is 4.79 Å². The lowest BCUT2D eigenvalue weighted by molar-refractivity contribution is -0.120. The molecule has 1 atom stereocenters. The first kappa shape index (κ1) is 19.0. The zero-order valence-electron chi connectivity index (χ0n) is 14.8. The van der Waals surface area contributed by atoms with E-state index in [2.05, 4.69) is 32.4 Å². The van der Waals surface area contributed by atoms with Crippen molar-refractivity contribution < 1.29 is 4.79 Å². The molecular formula is C17H24N6OS. The number of thioether (sulfide) groups is 1. The van der Waals surface area contributed by atoms with Crippen LogP contribution >= 0.6 is 11.8 Å². The van der Waals surface area contributed by atoms with Crippen LogP contribution in [0.4, 0.5) is 11.9 Å². The third-order valence-electron chi connectivity index (χ3n) is 3.47. The van der Waals surface area contributed by atoms with Crippen LogP contribution in [0.25, 0.3) is 0 Å². The number of nitrogen functional groups attached to an aromatic ring is 1. The summed E-state index contributed by atoms with van der Waals surface area (Å²) in [7, 11) is 3.68. The van der Waals surface area contributed by atoms with Crippen LogP contribution in [0.5, 0.6) is 0 Å². The van der Waals surface area contributed by atoms with Gasteiger partial charge < -0.3 is 16.0 Å². The highest BCUT2D eigenvalue weighted by Crippen LogP contribution is 2.17. The molecule has 3 N–H and O–H groups in total. The van der Waals surface area contributed by atoms with Crippen molar-refractivity contribution in [3.63, 3.8) is 0 Å². The van der Waals surface area contributed by atoms with Gasteiger partial charge in [0.2, 0.25) is 17.8 Å². The molecule has 1 aromatic heterocycles. The molecule has 0 unspecified atom stereocenters. The quantitative estimate of drug-likeness (QED) is 0.736. The molecule has 0 radical (unpaired) electrons. The van der Waals surface area contributed by atoms with Crippen LogP contribution in [0.15, 0.2) is 30.3 Å². The lowest BCUT2D eigenvalue weighted by atomic mass is 10.1. The third kappa shape index (κ3) is 6.22. The summed E-state index contributed by atoms with van der Waals surface area (Å²) in [5.41, 5.74) is 6.92. The van der Waals surface area contributed by atoms with Gasteiger partial charge in [-0.25, -0.2) is 0 Å². The summed E-state index contributed by atoms with van der Waals surface area (Å²) in [6, 6.07) is 10.1. The first-order chi connectivity index (χ1) is 12.0. The van der Waals surface area contributed by atoms with Gasteiger partial charge in [0, 0.05) is 20.6 Å². The molecule has 0 bridgehead atoms. The van der Waals surface area contributed by atoms with Crippen LogP contribution in [0, 0.1) is 0 Å². The molecule has 2 rings (SSSR count). The van der Waals surface area contributed by atoms with Gasteiger partial charge in [0.05, 0.1) is 11.0 Å². The van der Waals surface area contributed by atoms with Crippen molar-refractivity contribution in [2.24, 2.45) is 0 Å². The van der Waals surface area contributed by atoms with Crippen molar-refractivity contribution >= 4 is 29.6 Å². The Hall–Kier alpha value is -2.35. The molecule has 2 aromatic rings. The number of benzene rings is 1. The van der Waals surface area contributed by atoms with E-state index in [1.165, 1.54) is 17.3 Å². The Labute approximate surface area is 152 Å². The Balaban J connectivity index is 1.79. The minimum atomic E-state index is -0.198. The van der Waals surface area contributed by atoms with Gasteiger partial charge in [-0.05, 0) is 18.9 Å². The van der Waals surface area contributed by atoms with E-state index in [0.717, 1.165) is 6.42 Å². The maximum atomic E-state index is 12.2. The van der Waals surface area contributed by atoms with Gasteiger partial charge in [0.15, 0.2) is 0 Å². The standard InChI is InChI=1S/C17H24N6OS/c1-12(15(24)19-10-9-13-7-5-4-6-8-13)25-11-14-20-16(18)22-17(21-14)23(2)3/h4-8,12H,9-11H2,1-3H3,(H,19,24)(H2,18,20,21,22)/t12-/m1/s1. The molecule has 1 heterocycles. The maximum Gasteiger partial charge on any atom is 0.232 e. The van der Waals surface area contributed by atoms with E-state index in [9.17, 15) is 4.79 Å². The number of rotatable bonds is 8. The number of carbonyl (C=O) groups is 1. The average molecular weight is 360 g/mol. The first-order valence-electron chi connectivity index (χ1n) is 8.06. The Kier molecular flexibility index (Phi) is 7.00. The number of carbonyl (C=O) groups excluding carboxylic acids is 1. The van der Waals surface area contributed by atoms with Gasteiger partial charge in [-0.15, -0.1) is 11.8 Å². The van der Waals surface area contributed by atoms with Gasteiger partial charge >= 0.3 is 0 Å². The molecule has 0 fully saturated rings. The van der Waals surface area contributed by atoms with E-state index < -0.39 is 0 Å². The zero-order valence-corrected chi connectivity index (χ0v) is 15.6. The van der Waals surface area contributed by atoms with Crippen LogP contribution < -0.4 is 16.0 Å². The average Bonchev–Trinajstić information content (AvgIpc) is 2.60. The van der Waals surface area contributed by atoms with Crippen molar-refractivity contribution in [2.45, 2.75) is 24.3 Å². The molecule has 0 aliphatic carbocycles. The highest BCUT2D eigenvalue weighted by atomic mass is 32.2. The number of aromatic nitrogens is 3. The number of hydrogen-bond donors (Lipinski definition) is 2. The summed E-state index contributed by atoms with van der Waals surface area (Å²) in [5.74, 6) is 1.79. The molecule has 134 valence electrons. The highest BCUT2D eigenvalue weighted by Gasteiger charge is 2.15. The number of hydrogen-bond acceptors (Lipinski definition) is 7. The predicted molar refractivity (Wildman–Crippen MR) is 102 cm³/mol. The first-order valence-corrected chi connectivity index (χ1v) is 9.11. The summed E-state index contributed by atoms with van der Waals surface area (Å²) < 4.78 is 0. The van der Waals surface area contributed by atoms with Gasteiger partial charge in [0.1, 0.15) is 5.82 Å². The SMILES string of the molecule is C[C@@H](SCc1nc(N)nc(N(C)C)n1)C(=O)NCCc1ccccc1. The summed E-state index contributed by atoms with van der Waals surface area (Å²) >= 11 is 1.47. The summed E-state index contributed by atoms with van der Waals surface area (Å²) in [5, 5.41) is 2.76. The normalized spacial score (nSPS) is 11.8. The molecule has 0 saturated heterocycles. The van der Waals surface area contributed by atoms with Crippen molar-refractivity contribution in [3.05, 3.63) is 41.7 Å². The maximum absolute atomic E-state index is 12.2. The van der Waals surface area contributed by atoms with Crippen molar-refractivity contribution in [1.82, 2.24) is 20.3 Å². The predicted octanol–water partition coefficient (Wildman–Crippen LogP) is 1.50. The van der Waals surface area contributed by atoms with E-state index >= 15 is 0 Å². The molecule has 1 amide bonds. The van der Waals surface area contributed by atoms with E-state index in [1.54, 1.807) is 4.90 Å². The highest BCUT2D eigenvalue weighted by molar-refractivity contribution is 7.99. The summed E-state index contributed by atoms with van der Waals surface area (Å²) in [4.78, 5) is 26.5. The second-order valence-electron chi connectivity index (χ2n) is 5.78. The Morgan fingerprint density at radius 3 is 2.64 bits per heavy atom. The van der Waals surface area contributed by atoms with Crippen LogP contribution in [-0.4, -0.2) is 46.7 Å². The fourth-order valence-corrected chi connectivity index (χ4v) is 2.85. The van der Waals surface area contributed by atoms with Crippen LogP contribution in [0.2, 0.25) is 0 Å². The molecule has 0 aliphatic rings. The van der Waals surface area contributed by atoms with Crippen molar-refractivity contribution in [2.75, 3.05) is 31.3 Å². The fraction of sp³-hybridized carbons (Fsp3) is 0.412. The molecular weight excluding hydrogens is 336 g/mol. The molecule has 0 saturated carbocycles. The van der Waals surface area contributed by atoms with E-state index in [4.69, 9.17) is 5.73 Å². The second kappa shape index (κ2) is 9.22. The lowest BCUT2D eigenvalue weighted by Gasteiger charge is -2.13. The Morgan fingerprint density at radius 1 is 1.24 bits per heavy atom. The minimum absolute atomic E-state index is 0.00999. The van der Waals surface area contributed by atoms with Gasteiger partial charge in [-0.2, -0.15) is 15.0 Å². The molecule has 8 heteroatoms. The Bertz CT molecular complexity index is 695.